The van der Waals surface area contributed by atoms with Crippen LogP contribution in [0.5, 0.6) is 0 Å². The molecule has 5 rings (SSSR count). The minimum Gasteiger partial charge on any atom is -0.452 e. The highest BCUT2D eigenvalue weighted by Gasteiger charge is 2.27. The van der Waals surface area contributed by atoms with Crippen LogP contribution in [0.4, 0.5) is 5.69 Å². The van der Waals surface area contributed by atoms with E-state index in [0.29, 0.717) is 34.5 Å². The van der Waals surface area contributed by atoms with Crippen LogP contribution >= 0.6 is 34.8 Å². The second kappa shape index (κ2) is 11.1. The smallest absolute Gasteiger partial charge is 0.339 e. The molecule has 0 bridgehead atoms. The molecule has 3 aromatic carbocycles. The minimum absolute atomic E-state index is 0.185. The Balaban J connectivity index is 1.38. The van der Waals surface area contributed by atoms with Crippen molar-refractivity contribution in [3.8, 4) is 0 Å². The van der Waals surface area contributed by atoms with Crippen LogP contribution in [0.3, 0.4) is 0 Å². The Kier molecular flexibility index (Phi) is 7.63. The number of fused-ring (bicyclic) bond motifs is 2. The third kappa shape index (κ3) is 5.73. The molecule has 0 atom stereocenters. The number of anilines is 1. The molecular weight excluding hydrogens is 533 g/mol. The van der Waals surface area contributed by atoms with E-state index >= 15 is 0 Å². The van der Waals surface area contributed by atoms with Crippen LogP contribution in [0.1, 0.15) is 27.2 Å². The minimum atomic E-state index is -0.583. The molecule has 0 fully saturated rings. The topological polar surface area (TPSA) is 71.5 Å². The zero-order valence-corrected chi connectivity index (χ0v) is 21.9. The lowest BCUT2D eigenvalue weighted by atomic mass is 9.95. The first kappa shape index (κ1) is 25.5. The quantitative estimate of drug-likeness (QED) is 0.274. The third-order valence-corrected chi connectivity index (χ3v) is 7.00. The summed E-state index contributed by atoms with van der Waals surface area (Å²) in [5.41, 5.74) is 4.26. The van der Waals surface area contributed by atoms with Gasteiger partial charge >= 0.3 is 5.97 Å². The van der Waals surface area contributed by atoms with Gasteiger partial charge in [0.1, 0.15) is 0 Å². The summed E-state index contributed by atoms with van der Waals surface area (Å²) in [6.45, 7) is 1.63. The number of carbonyl (C=O) groups excluding carboxylic acids is 2. The first-order valence-corrected chi connectivity index (χ1v) is 12.8. The summed E-state index contributed by atoms with van der Waals surface area (Å²) in [7, 11) is 0. The number of hydrogen-bond acceptors (Lipinski definition) is 5. The fourth-order valence-corrected chi connectivity index (χ4v) is 5.41. The van der Waals surface area contributed by atoms with Crippen molar-refractivity contribution in [1.82, 2.24) is 9.88 Å². The van der Waals surface area contributed by atoms with Gasteiger partial charge in [0.2, 0.25) is 0 Å². The number of ether oxygens (including phenoxy) is 1. The van der Waals surface area contributed by atoms with E-state index < -0.39 is 18.5 Å². The van der Waals surface area contributed by atoms with E-state index in [1.54, 1.807) is 0 Å². The number of para-hydroxylation sites is 1. The highest BCUT2D eigenvalue weighted by atomic mass is 35.5. The van der Waals surface area contributed by atoms with Gasteiger partial charge in [0.25, 0.3) is 5.91 Å². The molecule has 0 saturated carbocycles. The van der Waals surface area contributed by atoms with Crippen molar-refractivity contribution in [2.24, 2.45) is 0 Å². The Morgan fingerprint density at radius 3 is 2.43 bits per heavy atom. The molecule has 2 heterocycles. The van der Waals surface area contributed by atoms with E-state index in [1.807, 2.05) is 42.5 Å². The molecule has 1 aliphatic heterocycles. The van der Waals surface area contributed by atoms with Crippen LogP contribution in [0, 0.1) is 0 Å². The van der Waals surface area contributed by atoms with Crippen molar-refractivity contribution in [3.63, 3.8) is 0 Å². The average Bonchev–Trinajstić information content (AvgIpc) is 2.88. The molecule has 0 saturated heterocycles. The van der Waals surface area contributed by atoms with Crippen molar-refractivity contribution in [1.29, 1.82) is 0 Å². The maximum atomic E-state index is 13.4. The van der Waals surface area contributed by atoms with Gasteiger partial charge < -0.3 is 10.1 Å². The van der Waals surface area contributed by atoms with Crippen molar-refractivity contribution < 1.29 is 14.3 Å². The summed E-state index contributed by atoms with van der Waals surface area (Å²) < 4.78 is 5.48. The number of hydrogen-bond donors (Lipinski definition) is 1. The van der Waals surface area contributed by atoms with Crippen molar-refractivity contribution >= 4 is 63.3 Å². The number of halogens is 3. The molecule has 0 aliphatic carbocycles. The van der Waals surface area contributed by atoms with Gasteiger partial charge in [-0.2, -0.15) is 0 Å². The molecule has 37 heavy (non-hydrogen) atoms. The van der Waals surface area contributed by atoms with Crippen LogP contribution in [-0.4, -0.2) is 34.9 Å². The number of aromatic nitrogens is 1. The lowest BCUT2D eigenvalue weighted by Crippen LogP contribution is -2.32. The molecule has 4 aromatic rings. The van der Waals surface area contributed by atoms with E-state index in [9.17, 15) is 9.59 Å². The predicted octanol–water partition coefficient (Wildman–Crippen LogP) is 6.55. The Labute approximate surface area is 229 Å². The highest BCUT2D eigenvalue weighted by molar-refractivity contribution is 6.42. The molecule has 1 aliphatic rings. The molecule has 0 spiro atoms. The summed E-state index contributed by atoms with van der Waals surface area (Å²) in [5.74, 6) is -1.16. The van der Waals surface area contributed by atoms with E-state index in [1.165, 1.54) is 17.7 Å². The van der Waals surface area contributed by atoms with Crippen molar-refractivity contribution in [3.05, 3.63) is 104 Å². The number of amides is 1. The Morgan fingerprint density at radius 1 is 0.973 bits per heavy atom. The van der Waals surface area contributed by atoms with E-state index in [-0.39, 0.29) is 15.7 Å². The lowest BCUT2D eigenvalue weighted by Gasteiger charge is -2.30. The fraction of sp³-hybridized carbons (Fsp3) is 0.179. The summed E-state index contributed by atoms with van der Waals surface area (Å²) in [6, 6.07) is 20.6. The number of pyridine rings is 1. The summed E-state index contributed by atoms with van der Waals surface area (Å²) in [5, 5.41) is 3.99. The maximum absolute atomic E-state index is 13.4. The van der Waals surface area contributed by atoms with Crippen molar-refractivity contribution in [2.75, 3.05) is 18.5 Å². The fourth-order valence-electron chi connectivity index (χ4n) is 4.50. The van der Waals surface area contributed by atoms with Crippen LogP contribution in [0.25, 0.3) is 10.9 Å². The lowest BCUT2D eigenvalue weighted by molar-refractivity contribution is -0.119. The van der Waals surface area contributed by atoms with Gasteiger partial charge in [0.15, 0.2) is 6.61 Å². The Morgan fingerprint density at radius 2 is 1.68 bits per heavy atom. The summed E-state index contributed by atoms with van der Waals surface area (Å²) >= 11 is 18.2. The SMILES string of the molecule is O=C(COC(=O)c1c2c(nc3ccccc13)CCN(Cc1ccccc1)C2)Nc1c(Cl)cc(Cl)cc1Cl. The Bertz CT molecular complexity index is 1470. The number of nitrogens with one attached hydrogen (secondary N) is 1. The van der Waals surface area contributed by atoms with Gasteiger partial charge in [-0.25, -0.2) is 4.79 Å². The maximum Gasteiger partial charge on any atom is 0.339 e. The molecule has 1 N–H and O–H groups in total. The second-order valence-corrected chi connectivity index (χ2v) is 10.00. The van der Waals surface area contributed by atoms with Crippen LogP contribution in [0.2, 0.25) is 15.1 Å². The number of nitrogens with zero attached hydrogens (tertiary/aromatic N) is 2. The molecule has 188 valence electrons. The third-order valence-electron chi connectivity index (χ3n) is 6.18. The predicted molar refractivity (Wildman–Crippen MR) is 146 cm³/mol. The number of rotatable bonds is 6. The summed E-state index contributed by atoms with van der Waals surface area (Å²) in [6.07, 6.45) is 0.710. The normalized spacial score (nSPS) is 13.3. The molecule has 9 heteroatoms. The summed E-state index contributed by atoms with van der Waals surface area (Å²) in [4.78, 5) is 33.1. The average molecular weight is 555 g/mol. The van der Waals surface area contributed by atoms with Crippen LogP contribution < -0.4 is 5.32 Å². The molecule has 6 nitrogen and oxygen atoms in total. The van der Waals surface area contributed by atoms with Gasteiger partial charge in [-0.15, -0.1) is 0 Å². The highest BCUT2D eigenvalue weighted by Crippen LogP contribution is 2.34. The molecule has 1 aromatic heterocycles. The van der Waals surface area contributed by atoms with Crippen molar-refractivity contribution in [2.45, 2.75) is 19.5 Å². The number of benzene rings is 3. The second-order valence-electron chi connectivity index (χ2n) is 8.74. The van der Waals surface area contributed by atoms with Gasteiger partial charge in [-0.05, 0) is 23.8 Å². The zero-order chi connectivity index (χ0) is 25.9. The molecule has 0 radical (unpaired) electrons. The van der Waals surface area contributed by atoms with Gasteiger partial charge in [0, 0.05) is 47.7 Å². The molecule has 0 unspecified atom stereocenters. The largest absolute Gasteiger partial charge is 0.452 e. The molecule has 1 amide bonds. The zero-order valence-electron chi connectivity index (χ0n) is 19.6. The van der Waals surface area contributed by atoms with E-state index in [2.05, 4.69) is 22.3 Å². The van der Waals surface area contributed by atoms with Crippen LogP contribution in [0.15, 0.2) is 66.7 Å². The number of carbonyl (C=O) groups is 2. The monoisotopic (exact) mass is 553 g/mol. The Hall–Kier alpha value is -3.16. The van der Waals surface area contributed by atoms with Crippen LogP contribution in [-0.2, 0) is 29.0 Å². The van der Waals surface area contributed by atoms with E-state index in [0.717, 1.165) is 24.3 Å². The molecular formula is C28H22Cl3N3O3. The van der Waals surface area contributed by atoms with E-state index in [4.69, 9.17) is 44.5 Å². The standard InChI is InChI=1S/C28H22Cl3N3O3/c29-18-12-21(30)27(22(31)13-18)33-25(35)16-37-28(36)26-19-8-4-5-9-23(19)32-24-10-11-34(15-20(24)26)14-17-6-2-1-3-7-17/h1-9,12-13H,10-11,14-16H2,(H,33,35). The van der Waals surface area contributed by atoms with Gasteiger partial charge in [0.05, 0.1) is 26.8 Å². The first-order chi connectivity index (χ1) is 17.9. The van der Waals surface area contributed by atoms with Gasteiger partial charge in [-0.1, -0.05) is 83.3 Å². The number of esters is 1. The van der Waals surface area contributed by atoms with Gasteiger partial charge in [-0.3, -0.25) is 14.7 Å². The first-order valence-electron chi connectivity index (χ1n) is 11.7.